The number of aromatic amines is 1. The minimum Gasteiger partial charge on any atom is -0.465 e. The van der Waals surface area contributed by atoms with Crippen molar-refractivity contribution in [3.05, 3.63) is 41.7 Å². The Kier molecular flexibility index (Phi) is 5.50. The number of H-pyrrole nitrogens is 1. The SMILES string of the molecule is COC(=O)c1c[nH]c2ccc(-c3nc(CSC)cc(N4CCOCC4)n3)cc12. The molecule has 0 spiro atoms. The van der Waals surface area contributed by atoms with Gasteiger partial charge in [-0.25, -0.2) is 14.8 Å². The summed E-state index contributed by atoms with van der Waals surface area (Å²) in [4.78, 5) is 27.0. The molecule has 0 unspecified atom stereocenters. The average molecular weight is 398 g/mol. The van der Waals surface area contributed by atoms with Gasteiger partial charge in [0.05, 0.1) is 31.6 Å². The van der Waals surface area contributed by atoms with Gasteiger partial charge in [-0.1, -0.05) is 0 Å². The highest BCUT2D eigenvalue weighted by Crippen LogP contribution is 2.27. The van der Waals surface area contributed by atoms with E-state index in [1.807, 2.05) is 18.2 Å². The molecular weight excluding hydrogens is 376 g/mol. The van der Waals surface area contributed by atoms with Gasteiger partial charge in [0.25, 0.3) is 0 Å². The summed E-state index contributed by atoms with van der Waals surface area (Å²) in [6.45, 7) is 3.04. The maximum Gasteiger partial charge on any atom is 0.340 e. The first-order valence-electron chi connectivity index (χ1n) is 9.09. The van der Waals surface area contributed by atoms with E-state index in [1.165, 1.54) is 7.11 Å². The van der Waals surface area contributed by atoms with Crippen LogP contribution in [-0.4, -0.2) is 60.6 Å². The number of methoxy groups -OCH3 is 1. The van der Waals surface area contributed by atoms with Gasteiger partial charge in [0.1, 0.15) is 5.82 Å². The number of esters is 1. The number of carbonyl (C=O) groups excluding carboxylic acids is 1. The van der Waals surface area contributed by atoms with Crippen molar-refractivity contribution in [3.63, 3.8) is 0 Å². The van der Waals surface area contributed by atoms with Crippen molar-refractivity contribution in [3.8, 4) is 11.4 Å². The molecule has 1 saturated heterocycles. The van der Waals surface area contributed by atoms with Gasteiger partial charge in [-0.15, -0.1) is 0 Å². The van der Waals surface area contributed by atoms with Gasteiger partial charge < -0.3 is 19.4 Å². The quantitative estimate of drug-likeness (QED) is 0.662. The molecule has 1 aromatic carbocycles. The zero-order valence-electron chi connectivity index (χ0n) is 15.9. The molecule has 1 fully saturated rings. The number of fused-ring (bicyclic) bond motifs is 1. The molecule has 0 amide bonds. The van der Waals surface area contributed by atoms with Crippen molar-refractivity contribution in [1.29, 1.82) is 0 Å². The Bertz CT molecular complexity index is 998. The van der Waals surface area contributed by atoms with Gasteiger partial charge in [0, 0.05) is 47.6 Å². The second-order valence-corrected chi connectivity index (χ2v) is 7.39. The molecule has 0 aliphatic carbocycles. The van der Waals surface area contributed by atoms with E-state index in [1.54, 1.807) is 18.0 Å². The van der Waals surface area contributed by atoms with Gasteiger partial charge in [0.15, 0.2) is 5.82 Å². The molecule has 3 aromatic rings. The Labute approximate surface area is 167 Å². The molecule has 1 aliphatic rings. The Morgan fingerprint density at radius 2 is 2.11 bits per heavy atom. The summed E-state index contributed by atoms with van der Waals surface area (Å²) >= 11 is 1.73. The van der Waals surface area contributed by atoms with Crippen LogP contribution in [0.3, 0.4) is 0 Å². The summed E-state index contributed by atoms with van der Waals surface area (Å²) in [5, 5.41) is 0.802. The van der Waals surface area contributed by atoms with Crippen molar-refractivity contribution in [2.24, 2.45) is 0 Å². The smallest absolute Gasteiger partial charge is 0.340 e. The number of morpholine rings is 1. The van der Waals surface area contributed by atoms with Crippen LogP contribution < -0.4 is 4.90 Å². The molecule has 3 heterocycles. The van der Waals surface area contributed by atoms with Gasteiger partial charge >= 0.3 is 5.97 Å². The first-order chi connectivity index (χ1) is 13.7. The Morgan fingerprint density at radius 1 is 1.29 bits per heavy atom. The predicted octanol–water partition coefficient (Wildman–Crippen LogP) is 3.11. The molecule has 2 aromatic heterocycles. The van der Waals surface area contributed by atoms with E-state index >= 15 is 0 Å². The molecule has 0 atom stereocenters. The van der Waals surface area contributed by atoms with Crippen LogP contribution in [0, 0.1) is 0 Å². The number of nitrogens with zero attached hydrogens (tertiary/aromatic N) is 3. The van der Waals surface area contributed by atoms with Crippen LogP contribution in [-0.2, 0) is 15.2 Å². The molecule has 28 heavy (non-hydrogen) atoms. The van der Waals surface area contributed by atoms with E-state index in [-0.39, 0.29) is 5.97 Å². The largest absolute Gasteiger partial charge is 0.465 e. The van der Waals surface area contributed by atoms with Crippen LogP contribution in [0.5, 0.6) is 0 Å². The zero-order valence-corrected chi connectivity index (χ0v) is 16.7. The minimum absolute atomic E-state index is 0.366. The monoisotopic (exact) mass is 398 g/mol. The molecular formula is C20H22N4O3S. The third kappa shape index (κ3) is 3.70. The maximum atomic E-state index is 12.0. The van der Waals surface area contributed by atoms with Crippen molar-refractivity contribution in [2.75, 3.05) is 44.6 Å². The van der Waals surface area contributed by atoms with Crippen molar-refractivity contribution >= 4 is 34.5 Å². The molecule has 8 heteroatoms. The van der Waals surface area contributed by atoms with Crippen LogP contribution in [0.15, 0.2) is 30.5 Å². The highest BCUT2D eigenvalue weighted by Gasteiger charge is 2.17. The van der Waals surface area contributed by atoms with Gasteiger partial charge in [-0.3, -0.25) is 0 Å². The number of thioether (sulfide) groups is 1. The number of benzene rings is 1. The highest BCUT2D eigenvalue weighted by atomic mass is 32.2. The third-order valence-electron chi connectivity index (χ3n) is 4.74. The maximum absolute atomic E-state index is 12.0. The van der Waals surface area contributed by atoms with Crippen molar-refractivity contribution in [2.45, 2.75) is 5.75 Å². The number of hydrogen-bond acceptors (Lipinski definition) is 7. The van der Waals surface area contributed by atoms with E-state index < -0.39 is 0 Å². The molecule has 4 rings (SSSR count). The molecule has 1 N–H and O–H groups in total. The Balaban J connectivity index is 1.78. The van der Waals surface area contributed by atoms with E-state index in [0.717, 1.165) is 46.8 Å². The summed E-state index contributed by atoms with van der Waals surface area (Å²) in [7, 11) is 1.38. The Hall–Kier alpha value is -2.58. The minimum atomic E-state index is -0.366. The number of carbonyl (C=O) groups is 1. The first-order valence-corrected chi connectivity index (χ1v) is 10.5. The van der Waals surface area contributed by atoms with Gasteiger partial charge in [-0.2, -0.15) is 11.8 Å². The summed E-state index contributed by atoms with van der Waals surface area (Å²) < 4.78 is 10.3. The van der Waals surface area contributed by atoms with Gasteiger partial charge in [0.2, 0.25) is 0 Å². The van der Waals surface area contributed by atoms with E-state index in [0.29, 0.717) is 24.6 Å². The van der Waals surface area contributed by atoms with Crippen LogP contribution >= 0.6 is 11.8 Å². The lowest BCUT2D eigenvalue weighted by Crippen LogP contribution is -2.37. The third-order valence-corrected chi connectivity index (χ3v) is 5.32. The fourth-order valence-electron chi connectivity index (χ4n) is 3.33. The summed E-state index contributed by atoms with van der Waals surface area (Å²) in [6, 6.07) is 7.91. The predicted molar refractivity (Wildman–Crippen MR) is 111 cm³/mol. The lowest BCUT2D eigenvalue weighted by atomic mass is 10.1. The van der Waals surface area contributed by atoms with Crippen LogP contribution in [0.25, 0.3) is 22.3 Å². The second kappa shape index (κ2) is 8.20. The lowest BCUT2D eigenvalue weighted by molar-refractivity contribution is 0.0603. The van der Waals surface area contributed by atoms with E-state index in [9.17, 15) is 4.79 Å². The standard InChI is InChI=1S/C20H22N4O3S/c1-26-20(25)16-11-21-17-4-3-13(9-15(16)17)19-22-14(12-28-2)10-18(23-19)24-5-7-27-8-6-24/h3-4,9-11,21H,5-8,12H2,1-2H3. The molecule has 1 aliphatic heterocycles. The average Bonchev–Trinajstić information content (AvgIpc) is 3.17. The number of hydrogen-bond donors (Lipinski definition) is 1. The number of rotatable bonds is 5. The fraction of sp³-hybridized carbons (Fsp3) is 0.350. The van der Waals surface area contributed by atoms with E-state index in [2.05, 4.69) is 22.2 Å². The summed E-state index contributed by atoms with van der Waals surface area (Å²) in [6.07, 6.45) is 3.73. The molecule has 146 valence electrons. The topological polar surface area (TPSA) is 80.3 Å². The molecule has 7 nitrogen and oxygen atoms in total. The Morgan fingerprint density at radius 3 is 2.86 bits per heavy atom. The van der Waals surface area contributed by atoms with E-state index in [4.69, 9.17) is 19.4 Å². The highest BCUT2D eigenvalue weighted by molar-refractivity contribution is 7.97. The van der Waals surface area contributed by atoms with Crippen molar-refractivity contribution < 1.29 is 14.3 Å². The first kappa shape index (κ1) is 18.8. The summed E-state index contributed by atoms with van der Waals surface area (Å²) in [5.41, 5.74) is 3.24. The molecule has 0 bridgehead atoms. The van der Waals surface area contributed by atoms with Crippen LogP contribution in [0.1, 0.15) is 16.1 Å². The summed E-state index contributed by atoms with van der Waals surface area (Å²) in [5.74, 6) is 2.02. The molecule has 0 radical (unpaired) electrons. The van der Waals surface area contributed by atoms with Crippen LogP contribution in [0.4, 0.5) is 5.82 Å². The number of ether oxygens (including phenoxy) is 2. The zero-order chi connectivity index (χ0) is 19.5. The number of anilines is 1. The number of aromatic nitrogens is 3. The normalized spacial score (nSPS) is 14.4. The molecule has 0 saturated carbocycles. The second-order valence-electron chi connectivity index (χ2n) is 6.53. The number of nitrogens with one attached hydrogen (secondary N) is 1. The van der Waals surface area contributed by atoms with Gasteiger partial charge in [-0.05, 0) is 24.5 Å². The van der Waals surface area contributed by atoms with Crippen molar-refractivity contribution in [1.82, 2.24) is 15.0 Å². The van der Waals surface area contributed by atoms with Crippen LogP contribution in [0.2, 0.25) is 0 Å². The lowest BCUT2D eigenvalue weighted by Gasteiger charge is -2.28. The fourth-order valence-corrected chi connectivity index (χ4v) is 3.77.